The molecule has 0 saturated carbocycles. The smallest absolute Gasteiger partial charge is 0.412 e. The Morgan fingerprint density at radius 2 is 1.84 bits per heavy atom. The summed E-state index contributed by atoms with van der Waals surface area (Å²) in [5, 5.41) is 16.2. The number of carboxylic acid groups (broad SMARTS) is 1. The van der Waals surface area contributed by atoms with Gasteiger partial charge in [-0.1, -0.05) is 18.2 Å². The van der Waals surface area contributed by atoms with Crippen LogP contribution in [0.2, 0.25) is 0 Å². The zero-order valence-corrected chi connectivity index (χ0v) is 19.2. The molecule has 0 spiro atoms. The van der Waals surface area contributed by atoms with Crippen LogP contribution in [-0.2, 0) is 9.47 Å². The van der Waals surface area contributed by atoms with E-state index in [1.807, 2.05) is 16.8 Å². The second-order valence-corrected chi connectivity index (χ2v) is 9.05. The molecule has 1 aliphatic heterocycles. The molecule has 1 atom stereocenters. The van der Waals surface area contributed by atoms with Crippen LogP contribution >= 0.6 is 11.3 Å². The van der Waals surface area contributed by atoms with Gasteiger partial charge in [0, 0.05) is 22.9 Å². The third kappa shape index (κ3) is 5.47. The van der Waals surface area contributed by atoms with E-state index in [2.05, 4.69) is 5.32 Å². The zero-order chi connectivity index (χ0) is 23.5. The summed E-state index contributed by atoms with van der Waals surface area (Å²) in [6, 6.07) is 6.14. The van der Waals surface area contributed by atoms with Crippen LogP contribution in [0.5, 0.6) is 0 Å². The summed E-state index contributed by atoms with van der Waals surface area (Å²) >= 11 is 1.44. The molecule has 2 heterocycles. The molecule has 1 aromatic carbocycles. The van der Waals surface area contributed by atoms with E-state index < -0.39 is 29.8 Å². The highest BCUT2D eigenvalue weighted by Crippen LogP contribution is 2.38. The van der Waals surface area contributed by atoms with Crippen LogP contribution in [0.1, 0.15) is 54.7 Å². The normalized spacial score (nSPS) is 16.2. The molecule has 32 heavy (non-hydrogen) atoms. The van der Waals surface area contributed by atoms with Crippen LogP contribution in [0.25, 0.3) is 5.57 Å². The molecular weight excluding hydrogens is 432 g/mol. The number of carbonyl (C=O) groups is 3. The number of esters is 1. The first-order chi connectivity index (χ1) is 15.1. The Kier molecular flexibility index (Phi) is 6.88. The monoisotopic (exact) mass is 458 g/mol. The number of amides is 2. The molecule has 9 heteroatoms. The van der Waals surface area contributed by atoms with E-state index >= 15 is 0 Å². The zero-order valence-electron chi connectivity index (χ0n) is 18.4. The van der Waals surface area contributed by atoms with E-state index in [9.17, 15) is 19.5 Å². The quantitative estimate of drug-likeness (QED) is 0.595. The lowest BCUT2D eigenvalue weighted by Crippen LogP contribution is -2.36. The van der Waals surface area contributed by atoms with Gasteiger partial charge in [0.1, 0.15) is 5.60 Å². The molecule has 3 rings (SSSR count). The molecule has 0 saturated heterocycles. The number of rotatable bonds is 4. The summed E-state index contributed by atoms with van der Waals surface area (Å²) < 4.78 is 10.1. The highest BCUT2D eigenvalue weighted by molar-refractivity contribution is 7.08. The Labute approximate surface area is 190 Å². The summed E-state index contributed by atoms with van der Waals surface area (Å²) in [7, 11) is 1.31. The van der Waals surface area contributed by atoms with E-state index in [0.29, 0.717) is 24.2 Å². The third-order valence-electron chi connectivity index (χ3n) is 4.88. The molecule has 0 aliphatic carbocycles. The number of anilines is 1. The fraction of sp³-hybridized carbons (Fsp3) is 0.348. The van der Waals surface area contributed by atoms with Crippen LogP contribution in [0.4, 0.5) is 15.3 Å². The Morgan fingerprint density at radius 3 is 2.44 bits per heavy atom. The van der Waals surface area contributed by atoms with Crippen molar-refractivity contribution in [1.82, 2.24) is 4.90 Å². The van der Waals surface area contributed by atoms with Crippen molar-refractivity contribution in [2.75, 3.05) is 19.0 Å². The van der Waals surface area contributed by atoms with Crippen molar-refractivity contribution in [1.29, 1.82) is 0 Å². The van der Waals surface area contributed by atoms with Gasteiger partial charge in [-0.3, -0.25) is 10.2 Å². The molecular formula is C23H26N2O6S. The van der Waals surface area contributed by atoms with Crippen LogP contribution in [0.3, 0.4) is 0 Å². The highest BCUT2D eigenvalue weighted by atomic mass is 32.1. The van der Waals surface area contributed by atoms with Gasteiger partial charge in [-0.25, -0.2) is 14.4 Å². The van der Waals surface area contributed by atoms with Crippen molar-refractivity contribution in [3.05, 3.63) is 57.8 Å². The van der Waals surface area contributed by atoms with Crippen molar-refractivity contribution in [3.63, 3.8) is 0 Å². The molecule has 0 unspecified atom stereocenters. The number of hydrogen-bond donors (Lipinski definition) is 2. The molecule has 2 N–H and O–H groups in total. The van der Waals surface area contributed by atoms with Crippen molar-refractivity contribution in [2.24, 2.45) is 0 Å². The summed E-state index contributed by atoms with van der Waals surface area (Å²) in [6.07, 6.45) is 0.811. The van der Waals surface area contributed by atoms with Crippen LogP contribution in [0, 0.1) is 0 Å². The molecule has 8 nitrogen and oxygen atoms in total. The van der Waals surface area contributed by atoms with Gasteiger partial charge in [0.15, 0.2) is 0 Å². The van der Waals surface area contributed by atoms with Crippen molar-refractivity contribution >= 4 is 40.8 Å². The first kappa shape index (κ1) is 23.3. The number of benzene rings is 1. The summed E-state index contributed by atoms with van der Waals surface area (Å²) in [5.41, 5.74) is 2.89. The maximum Gasteiger partial charge on any atom is 0.412 e. The third-order valence-corrected chi connectivity index (χ3v) is 5.62. The molecule has 0 bridgehead atoms. The number of methoxy groups -OCH3 is 1. The summed E-state index contributed by atoms with van der Waals surface area (Å²) in [6.45, 7) is 5.68. The number of carbonyl (C=O) groups excluding carboxylic acids is 2. The van der Waals surface area contributed by atoms with Crippen molar-refractivity contribution in [3.8, 4) is 0 Å². The molecule has 170 valence electrons. The van der Waals surface area contributed by atoms with Gasteiger partial charge in [0.05, 0.1) is 24.4 Å². The van der Waals surface area contributed by atoms with Crippen molar-refractivity contribution < 1.29 is 29.0 Å². The van der Waals surface area contributed by atoms with Crippen LogP contribution in [0.15, 0.2) is 41.1 Å². The van der Waals surface area contributed by atoms with Gasteiger partial charge in [0.25, 0.3) is 0 Å². The lowest BCUT2D eigenvalue weighted by molar-refractivity contribution is 0.0598. The molecule has 0 fully saturated rings. The van der Waals surface area contributed by atoms with Gasteiger partial charge in [-0.05, 0) is 50.5 Å². The molecule has 1 aliphatic rings. The fourth-order valence-electron chi connectivity index (χ4n) is 3.45. The lowest BCUT2D eigenvalue weighted by Gasteiger charge is -2.33. The summed E-state index contributed by atoms with van der Waals surface area (Å²) in [5.74, 6) is -0.456. The highest BCUT2D eigenvalue weighted by Gasteiger charge is 2.29. The fourth-order valence-corrected chi connectivity index (χ4v) is 4.25. The first-order valence-electron chi connectivity index (χ1n) is 10.0. The van der Waals surface area contributed by atoms with Crippen LogP contribution < -0.4 is 5.32 Å². The number of ether oxygens (including phenoxy) is 2. The Hall–Kier alpha value is -3.33. The van der Waals surface area contributed by atoms with Crippen LogP contribution in [-0.4, -0.2) is 47.4 Å². The Balaban J connectivity index is 1.90. The van der Waals surface area contributed by atoms with E-state index in [0.717, 1.165) is 16.7 Å². The average molecular weight is 459 g/mol. The van der Waals surface area contributed by atoms with E-state index in [1.54, 1.807) is 45.0 Å². The maximum absolute atomic E-state index is 12.2. The second kappa shape index (κ2) is 9.44. The Bertz CT molecular complexity index is 1040. The van der Waals surface area contributed by atoms with Gasteiger partial charge in [0.2, 0.25) is 0 Å². The molecule has 1 aromatic heterocycles. The van der Waals surface area contributed by atoms with E-state index in [1.165, 1.54) is 23.3 Å². The minimum Gasteiger partial charge on any atom is -0.465 e. The second-order valence-electron chi connectivity index (χ2n) is 8.30. The predicted molar refractivity (Wildman–Crippen MR) is 122 cm³/mol. The number of hydrogen-bond acceptors (Lipinski definition) is 6. The minimum absolute atomic E-state index is 0.298. The molecule has 2 amide bonds. The average Bonchev–Trinajstić information content (AvgIpc) is 3.19. The minimum atomic E-state index is -1.03. The SMILES string of the molecule is COC(=O)c1ccc([C@@H]2C=C(c3cscc3NC(=O)OC(C)(C)C)CCN2C(=O)O)cc1. The Morgan fingerprint density at radius 1 is 1.16 bits per heavy atom. The number of nitrogens with one attached hydrogen (secondary N) is 1. The largest absolute Gasteiger partial charge is 0.465 e. The topological polar surface area (TPSA) is 105 Å². The van der Waals surface area contributed by atoms with Gasteiger partial charge < -0.3 is 14.6 Å². The summed E-state index contributed by atoms with van der Waals surface area (Å²) in [4.78, 5) is 37.1. The van der Waals surface area contributed by atoms with Gasteiger partial charge in [-0.2, -0.15) is 0 Å². The molecule has 2 aromatic rings. The first-order valence-corrected chi connectivity index (χ1v) is 11.0. The van der Waals surface area contributed by atoms with Gasteiger partial charge in [-0.15, -0.1) is 11.3 Å². The van der Waals surface area contributed by atoms with E-state index in [-0.39, 0.29) is 0 Å². The lowest BCUT2D eigenvalue weighted by atomic mass is 9.93. The predicted octanol–water partition coefficient (Wildman–Crippen LogP) is 5.39. The van der Waals surface area contributed by atoms with Crippen molar-refractivity contribution in [2.45, 2.75) is 38.8 Å². The molecule has 0 radical (unpaired) electrons. The van der Waals surface area contributed by atoms with Gasteiger partial charge >= 0.3 is 18.2 Å². The van der Waals surface area contributed by atoms with E-state index in [4.69, 9.17) is 9.47 Å². The maximum atomic E-state index is 12.2. The number of nitrogens with zero attached hydrogens (tertiary/aromatic N) is 1. The standard InChI is InChI=1S/C23H26N2O6S/c1-23(2,3)31-21(27)24-18-13-32-12-17(18)16-9-10-25(22(28)29)19(11-16)14-5-7-15(8-6-14)20(26)30-4/h5-8,11-13,19H,9-10H2,1-4H3,(H,24,27)(H,28,29)/t19-/m0/s1. The number of thiophene rings is 1.